The highest BCUT2D eigenvalue weighted by Gasteiger charge is 2.09. The van der Waals surface area contributed by atoms with Gasteiger partial charge in [-0.25, -0.2) is 9.78 Å². The fourth-order valence-electron chi connectivity index (χ4n) is 2.09. The molecule has 0 amide bonds. The molecule has 0 saturated heterocycles. The maximum absolute atomic E-state index is 12.1. The summed E-state index contributed by atoms with van der Waals surface area (Å²) in [6.07, 6.45) is 3.09. The van der Waals surface area contributed by atoms with E-state index in [2.05, 4.69) is 15.0 Å². The predicted molar refractivity (Wildman–Crippen MR) is 88.6 cm³/mol. The summed E-state index contributed by atoms with van der Waals surface area (Å²) in [5, 5.41) is 0.529. The Labute approximate surface area is 133 Å². The molecule has 2 heterocycles. The Bertz CT molecular complexity index is 1110. The van der Waals surface area contributed by atoms with Crippen LogP contribution >= 0.6 is 11.6 Å². The molecule has 1 aromatic carbocycles. The van der Waals surface area contributed by atoms with E-state index >= 15 is 0 Å². The van der Waals surface area contributed by atoms with Crippen molar-refractivity contribution >= 4 is 34.9 Å². The second-order valence-electron chi connectivity index (χ2n) is 4.82. The number of aromatic nitrogens is 4. The molecule has 0 radical (unpaired) electrons. The first-order valence-electron chi connectivity index (χ1n) is 6.63. The first-order valence-corrected chi connectivity index (χ1v) is 7.01. The lowest BCUT2D eigenvalue weighted by Gasteiger charge is -2.03. The number of halogens is 1. The number of nitrogens with zero attached hydrogens (tertiary/aromatic N) is 2. The van der Waals surface area contributed by atoms with E-state index in [0.29, 0.717) is 10.6 Å². The van der Waals surface area contributed by atoms with Crippen LogP contribution in [0.4, 0.5) is 0 Å². The Morgan fingerprint density at radius 1 is 1.09 bits per heavy atom. The summed E-state index contributed by atoms with van der Waals surface area (Å²) in [6.45, 7) is 0. The topological polar surface area (TPSA) is 101 Å². The number of aryl methyl sites for hydroxylation is 1. The lowest BCUT2D eigenvalue weighted by atomic mass is 10.2. The minimum atomic E-state index is -0.660. The second kappa shape index (κ2) is 5.69. The van der Waals surface area contributed by atoms with Crippen LogP contribution in [-0.2, 0) is 7.05 Å². The van der Waals surface area contributed by atoms with Crippen LogP contribution in [0, 0.1) is 0 Å². The van der Waals surface area contributed by atoms with E-state index < -0.39 is 16.8 Å². The fourth-order valence-corrected chi connectivity index (χ4v) is 2.29. The van der Waals surface area contributed by atoms with Crippen molar-refractivity contribution in [3.05, 3.63) is 71.7 Å². The molecule has 3 rings (SSSR count). The molecule has 0 bridgehead atoms. The molecular formula is C15H11ClN4O3. The molecule has 2 N–H and O–H groups in total. The molecule has 2 aromatic heterocycles. The highest BCUT2D eigenvalue weighted by molar-refractivity contribution is 6.32. The van der Waals surface area contributed by atoms with E-state index in [4.69, 9.17) is 11.6 Å². The SMILES string of the molecule is Cn1c(=O)[nH]c(=O)c2nc(/C=C/c3ccccc3Cl)c(=O)[nH]c21. The number of fused-ring (bicyclic) bond motifs is 1. The van der Waals surface area contributed by atoms with Gasteiger partial charge in [0.1, 0.15) is 11.3 Å². The largest absolute Gasteiger partial charge is 0.329 e. The number of nitrogens with one attached hydrogen (secondary N) is 2. The highest BCUT2D eigenvalue weighted by Crippen LogP contribution is 2.17. The van der Waals surface area contributed by atoms with Crippen molar-refractivity contribution in [3.63, 3.8) is 0 Å². The van der Waals surface area contributed by atoms with Gasteiger partial charge in [-0.2, -0.15) is 0 Å². The molecule has 3 aromatic rings. The second-order valence-corrected chi connectivity index (χ2v) is 5.23. The average Bonchev–Trinajstić information content (AvgIpc) is 2.52. The zero-order valence-corrected chi connectivity index (χ0v) is 12.7. The van der Waals surface area contributed by atoms with Crippen LogP contribution < -0.4 is 16.8 Å². The van der Waals surface area contributed by atoms with Gasteiger partial charge in [0, 0.05) is 12.1 Å². The number of aromatic amines is 2. The molecule has 116 valence electrons. The Balaban J connectivity index is 2.18. The van der Waals surface area contributed by atoms with Crippen molar-refractivity contribution in [2.45, 2.75) is 0 Å². The molecule has 0 fully saturated rings. The molecule has 0 spiro atoms. The van der Waals surface area contributed by atoms with E-state index in [-0.39, 0.29) is 16.9 Å². The van der Waals surface area contributed by atoms with E-state index in [1.54, 1.807) is 24.3 Å². The fraction of sp³-hybridized carbons (Fsp3) is 0.0667. The molecule has 0 aliphatic rings. The zero-order chi connectivity index (χ0) is 16.6. The molecule has 7 nitrogen and oxygen atoms in total. The van der Waals surface area contributed by atoms with Crippen LogP contribution in [0.2, 0.25) is 5.02 Å². The molecular weight excluding hydrogens is 320 g/mol. The molecule has 8 heteroatoms. The molecule has 0 unspecified atom stereocenters. The quantitative estimate of drug-likeness (QED) is 0.735. The van der Waals surface area contributed by atoms with Gasteiger partial charge in [-0.05, 0) is 17.7 Å². The Morgan fingerprint density at radius 3 is 2.57 bits per heavy atom. The highest BCUT2D eigenvalue weighted by atomic mass is 35.5. The van der Waals surface area contributed by atoms with Crippen molar-refractivity contribution in [2.24, 2.45) is 7.05 Å². The van der Waals surface area contributed by atoms with Gasteiger partial charge in [-0.15, -0.1) is 0 Å². The Hall–Kier alpha value is -2.93. The Morgan fingerprint density at radius 2 is 1.83 bits per heavy atom. The standard InChI is InChI=1S/C15H11ClN4O3/c1-20-12-11(14(22)19-15(20)23)17-10(13(21)18-12)7-6-8-4-2-3-5-9(8)16/h2-7H,1H3,(H,18,21)(H,19,22,23)/b7-6+. The lowest BCUT2D eigenvalue weighted by Crippen LogP contribution is -2.31. The summed E-state index contributed by atoms with van der Waals surface area (Å²) in [5.74, 6) is 0. The molecule has 0 aliphatic carbocycles. The first-order chi connectivity index (χ1) is 11.0. The molecule has 23 heavy (non-hydrogen) atoms. The number of hydrogen-bond donors (Lipinski definition) is 2. The summed E-state index contributed by atoms with van der Waals surface area (Å²) in [4.78, 5) is 44.1. The molecule has 0 aliphatic heterocycles. The van der Waals surface area contributed by atoms with Crippen molar-refractivity contribution in [3.8, 4) is 0 Å². The van der Waals surface area contributed by atoms with E-state index in [1.165, 1.54) is 13.1 Å². The van der Waals surface area contributed by atoms with E-state index in [0.717, 1.165) is 4.57 Å². The third kappa shape index (κ3) is 2.74. The van der Waals surface area contributed by atoms with Gasteiger partial charge < -0.3 is 4.98 Å². The first kappa shape index (κ1) is 15.0. The van der Waals surface area contributed by atoms with Gasteiger partial charge in [0.05, 0.1) is 0 Å². The maximum Gasteiger partial charge on any atom is 0.329 e. The summed E-state index contributed by atoms with van der Waals surface area (Å²) >= 11 is 6.04. The third-order valence-corrected chi connectivity index (χ3v) is 3.67. The summed E-state index contributed by atoms with van der Waals surface area (Å²) < 4.78 is 1.12. The normalized spacial score (nSPS) is 11.4. The van der Waals surface area contributed by atoms with Crippen molar-refractivity contribution < 1.29 is 0 Å². The molecule has 0 saturated carbocycles. The monoisotopic (exact) mass is 330 g/mol. The van der Waals surface area contributed by atoms with Crippen molar-refractivity contribution in [2.75, 3.05) is 0 Å². The van der Waals surface area contributed by atoms with Gasteiger partial charge in [0.15, 0.2) is 5.52 Å². The minimum Gasteiger partial charge on any atom is -0.305 e. The van der Waals surface area contributed by atoms with Crippen LogP contribution in [0.25, 0.3) is 23.3 Å². The average molecular weight is 331 g/mol. The van der Waals surface area contributed by atoms with Gasteiger partial charge in [0.2, 0.25) is 0 Å². The van der Waals surface area contributed by atoms with Crippen LogP contribution in [-0.4, -0.2) is 19.5 Å². The van der Waals surface area contributed by atoms with Crippen LogP contribution in [0.3, 0.4) is 0 Å². The summed E-state index contributed by atoms with van der Waals surface area (Å²) in [5.41, 5.74) is -0.997. The van der Waals surface area contributed by atoms with Gasteiger partial charge in [-0.3, -0.25) is 19.1 Å². The summed E-state index contributed by atoms with van der Waals surface area (Å²) in [6, 6.07) is 7.11. The maximum atomic E-state index is 12.1. The minimum absolute atomic E-state index is 0.0227. The van der Waals surface area contributed by atoms with Gasteiger partial charge in [0.25, 0.3) is 11.1 Å². The molecule has 0 atom stereocenters. The van der Waals surface area contributed by atoms with Crippen molar-refractivity contribution in [1.29, 1.82) is 0 Å². The Kier molecular flexibility index (Phi) is 3.71. The smallest absolute Gasteiger partial charge is 0.305 e. The van der Waals surface area contributed by atoms with Crippen LogP contribution in [0.5, 0.6) is 0 Å². The van der Waals surface area contributed by atoms with E-state index in [9.17, 15) is 14.4 Å². The zero-order valence-electron chi connectivity index (χ0n) is 12.0. The number of benzene rings is 1. The lowest BCUT2D eigenvalue weighted by molar-refractivity contribution is 0.820. The number of H-pyrrole nitrogens is 2. The van der Waals surface area contributed by atoms with Gasteiger partial charge >= 0.3 is 5.69 Å². The van der Waals surface area contributed by atoms with Crippen molar-refractivity contribution in [1.82, 2.24) is 19.5 Å². The van der Waals surface area contributed by atoms with Crippen LogP contribution in [0.1, 0.15) is 11.3 Å². The van der Waals surface area contributed by atoms with Crippen LogP contribution in [0.15, 0.2) is 38.6 Å². The third-order valence-electron chi connectivity index (χ3n) is 3.32. The number of hydrogen-bond acceptors (Lipinski definition) is 4. The van der Waals surface area contributed by atoms with E-state index in [1.807, 2.05) is 6.07 Å². The summed E-state index contributed by atoms with van der Waals surface area (Å²) in [7, 11) is 1.43. The van der Waals surface area contributed by atoms with Gasteiger partial charge in [-0.1, -0.05) is 35.9 Å². The number of rotatable bonds is 2. The predicted octanol–water partition coefficient (Wildman–Crippen LogP) is 1.13.